The number of thiazole rings is 1. The number of oxazole rings is 1. The number of morpholine rings is 1. The molecule has 4 amide bonds. The van der Waals surface area contributed by atoms with E-state index in [9.17, 15) is 19.2 Å². The standard InChI is InChI=1S/C30H37N7O6S/c1-18(2)25-29-34-22(17-44-29)27(40)32-20(13-19-7-5-4-6-8-19)28-33-21(15-43-28)26(39)31-9-10-37(14-24(38)35-25)30(41)23-16-42-12-11-36(23)3/h4-8,15,17-18,20,23,25H,9-14,16H2,1-3H3,(H,31,39)(H,32,40)(H,35,38)/t20-,23-,25-/m0/s1. The largest absolute Gasteiger partial charge is 0.446 e. The molecule has 2 aromatic heterocycles. The third-order valence-corrected chi connectivity index (χ3v) is 8.57. The first kappa shape index (κ1) is 31.3. The van der Waals surface area contributed by atoms with Crippen molar-refractivity contribution in [3.8, 4) is 0 Å². The van der Waals surface area contributed by atoms with Gasteiger partial charge in [-0.1, -0.05) is 44.2 Å². The molecule has 2 aliphatic rings. The molecular formula is C30H37N7O6S. The van der Waals surface area contributed by atoms with Gasteiger partial charge < -0.3 is 30.0 Å². The van der Waals surface area contributed by atoms with Crippen molar-refractivity contribution in [2.45, 2.75) is 38.4 Å². The van der Waals surface area contributed by atoms with Crippen molar-refractivity contribution in [2.24, 2.45) is 5.92 Å². The van der Waals surface area contributed by atoms with Crippen molar-refractivity contribution in [2.75, 3.05) is 46.4 Å². The average Bonchev–Trinajstić information content (AvgIpc) is 3.70. The van der Waals surface area contributed by atoms with Gasteiger partial charge >= 0.3 is 0 Å². The molecule has 3 N–H and O–H groups in total. The monoisotopic (exact) mass is 623 g/mol. The Hall–Kier alpha value is -4.14. The third-order valence-electron chi connectivity index (χ3n) is 7.64. The van der Waals surface area contributed by atoms with Gasteiger partial charge in [-0.3, -0.25) is 24.1 Å². The summed E-state index contributed by atoms with van der Waals surface area (Å²) >= 11 is 1.27. The van der Waals surface area contributed by atoms with Gasteiger partial charge in [0, 0.05) is 31.4 Å². The number of benzene rings is 1. The van der Waals surface area contributed by atoms with Crippen LogP contribution >= 0.6 is 11.3 Å². The normalized spacial score (nSPS) is 22.5. The van der Waals surface area contributed by atoms with Crippen molar-refractivity contribution < 1.29 is 28.3 Å². The second-order valence-electron chi connectivity index (χ2n) is 11.2. The van der Waals surface area contributed by atoms with Gasteiger partial charge in [0.2, 0.25) is 17.7 Å². The lowest BCUT2D eigenvalue weighted by Crippen LogP contribution is -2.56. The van der Waals surface area contributed by atoms with Crippen molar-refractivity contribution in [1.29, 1.82) is 0 Å². The number of aromatic nitrogens is 2. The Morgan fingerprint density at radius 1 is 1.07 bits per heavy atom. The number of hydrogen-bond acceptors (Lipinski definition) is 10. The summed E-state index contributed by atoms with van der Waals surface area (Å²) in [5, 5.41) is 10.9. The molecule has 234 valence electrons. The summed E-state index contributed by atoms with van der Waals surface area (Å²) in [5.74, 6) is -1.48. The van der Waals surface area contributed by atoms with Crippen molar-refractivity contribution >= 4 is 35.0 Å². The fourth-order valence-electron chi connectivity index (χ4n) is 5.09. The number of ether oxygens (including phenoxy) is 1. The number of carbonyl (C=O) groups is 4. The molecule has 1 fully saturated rings. The van der Waals surface area contributed by atoms with Crippen molar-refractivity contribution in [1.82, 2.24) is 35.7 Å². The lowest BCUT2D eigenvalue weighted by atomic mass is 10.0. The number of likely N-dealkylation sites (N-methyl/N-ethyl adjacent to an activating group) is 1. The molecule has 4 bridgehead atoms. The summed E-state index contributed by atoms with van der Waals surface area (Å²) in [5.41, 5.74) is 1.15. The highest BCUT2D eigenvalue weighted by Crippen LogP contribution is 2.26. The zero-order chi connectivity index (χ0) is 31.2. The molecule has 4 heterocycles. The van der Waals surface area contributed by atoms with Crippen LogP contribution in [0.3, 0.4) is 0 Å². The number of amides is 4. The van der Waals surface area contributed by atoms with E-state index in [1.165, 1.54) is 22.5 Å². The van der Waals surface area contributed by atoms with E-state index in [0.29, 0.717) is 24.6 Å². The number of nitrogens with zero attached hydrogens (tertiary/aromatic N) is 4. The van der Waals surface area contributed by atoms with Gasteiger partial charge in [-0.15, -0.1) is 11.3 Å². The quantitative estimate of drug-likeness (QED) is 0.392. The van der Waals surface area contributed by atoms with Crippen molar-refractivity contribution in [3.63, 3.8) is 0 Å². The minimum atomic E-state index is -0.682. The van der Waals surface area contributed by atoms with E-state index in [2.05, 4.69) is 25.9 Å². The maximum Gasteiger partial charge on any atom is 0.273 e. The first-order valence-corrected chi connectivity index (χ1v) is 15.5. The lowest BCUT2D eigenvalue weighted by molar-refractivity contribution is -0.145. The Bertz CT molecular complexity index is 1480. The third kappa shape index (κ3) is 7.49. The van der Waals surface area contributed by atoms with Gasteiger partial charge in [0.15, 0.2) is 5.69 Å². The highest BCUT2D eigenvalue weighted by molar-refractivity contribution is 7.09. The van der Waals surface area contributed by atoms with E-state index in [1.807, 2.05) is 56.1 Å². The molecule has 44 heavy (non-hydrogen) atoms. The van der Waals surface area contributed by atoms with Crippen LogP contribution in [-0.2, 0) is 20.7 Å². The Morgan fingerprint density at radius 3 is 2.61 bits per heavy atom. The van der Waals surface area contributed by atoms with E-state index in [0.717, 1.165) is 5.56 Å². The SMILES string of the molecule is CC(C)[C@@H]1NC(=O)CN(C(=O)[C@@H]2COCCN2C)CCNC(=O)c2coc(n2)[C@H](Cc2ccccc2)NC(=O)c2csc1n2. The highest BCUT2D eigenvalue weighted by atomic mass is 32.1. The number of carbonyl (C=O) groups excluding carboxylic acids is 4. The Labute approximate surface area is 259 Å². The summed E-state index contributed by atoms with van der Waals surface area (Å²) in [6.45, 7) is 5.15. The van der Waals surface area contributed by atoms with E-state index in [4.69, 9.17) is 9.15 Å². The fourth-order valence-corrected chi connectivity index (χ4v) is 6.11. The van der Waals surface area contributed by atoms with Crippen LogP contribution in [0.2, 0.25) is 0 Å². The van der Waals surface area contributed by atoms with Gasteiger partial charge in [-0.2, -0.15) is 0 Å². The highest BCUT2D eigenvalue weighted by Gasteiger charge is 2.33. The average molecular weight is 624 g/mol. The summed E-state index contributed by atoms with van der Waals surface area (Å²) in [6.07, 6.45) is 1.61. The van der Waals surface area contributed by atoms with Gasteiger partial charge in [0.1, 0.15) is 29.0 Å². The molecule has 0 saturated carbocycles. The van der Waals surface area contributed by atoms with Gasteiger partial charge in [0.05, 0.1) is 25.8 Å². The van der Waals surface area contributed by atoms with Crippen molar-refractivity contribution in [3.05, 3.63) is 69.8 Å². The molecule has 14 heteroatoms. The molecule has 0 aliphatic carbocycles. The topological polar surface area (TPSA) is 159 Å². The molecule has 3 aromatic rings. The number of rotatable bonds is 4. The van der Waals surface area contributed by atoms with Crippen LogP contribution in [0.4, 0.5) is 0 Å². The Kier molecular flexibility index (Phi) is 10.0. The summed E-state index contributed by atoms with van der Waals surface area (Å²) in [6, 6.07) is 7.82. The van der Waals surface area contributed by atoms with Crippen LogP contribution in [0.25, 0.3) is 0 Å². The van der Waals surface area contributed by atoms with Crippen LogP contribution in [0.15, 0.2) is 46.4 Å². The molecule has 1 saturated heterocycles. The zero-order valence-corrected chi connectivity index (χ0v) is 25.8. The summed E-state index contributed by atoms with van der Waals surface area (Å²) in [7, 11) is 1.84. The smallest absolute Gasteiger partial charge is 0.273 e. The molecule has 0 unspecified atom stereocenters. The van der Waals surface area contributed by atoms with E-state index >= 15 is 0 Å². The fraction of sp³-hybridized carbons (Fsp3) is 0.467. The summed E-state index contributed by atoms with van der Waals surface area (Å²) in [4.78, 5) is 65.6. The second-order valence-corrected chi connectivity index (χ2v) is 12.1. The predicted octanol–water partition coefficient (Wildman–Crippen LogP) is 1.56. The van der Waals surface area contributed by atoms with Crippen LogP contribution in [0.5, 0.6) is 0 Å². The van der Waals surface area contributed by atoms with Gasteiger partial charge in [-0.05, 0) is 18.5 Å². The lowest BCUT2D eigenvalue weighted by Gasteiger charge is -2.35. The zero-order valence-electron chi connectivity index (χ0n) is 24.9. The Balaban J connectivity index is 1.45. The maximum absolute atomic E-state index is 13.6. The molecular weight excluding hydrogens is 586 g/mol. The molecule has 3 atom stereocenters. The van der Waals surface area contributed by atoms with E-state index in [-0.39, 0.29) is 61.3 Å². The van der Waals surface area contributed by atoms with E-state index < -0.39 is 29.9 Å². The van der Waals surface area contributed by atoms with E-state index in [1.54, 1.807) is 5.38 Å². The maximum atomic E-state index is 13.6. The summed E-state index contributed by atoms with van der Waals surface area (Å²) < 4.78 is 11.2. The molecule has 1 aromatic carbocycles. The molecule has 0 spiro atoms. The minimum Gasteiger partial charge on any atom is -0.446 e. The number of fused-ring (bicyclic) bond motifs is 4. The van der Waals surface area contributed by atoms with Crippen LogP contribution in [0.1, 0.15) is 63.4 Å². The Morgan fingerprint density at radius 2 is 1.86 bits per heavy atom. The predicted molar refractivity (Wildman–Crippen MR) is 161 cm³/mol. The first-order chi connectivity index (χ1) is 21.2. The molecule has 5 rings (SSSR count). The van der Waals surface area contributed by atoms with Crippen LogP contribution < -0.4 is 16.0 Å². The van der Waals surface area contributed by atoms with Crippen LogP contribution in [-0.4, -0.2) is 95.9 Å². The second kappa shape index (κ2) is 14.1. The van der Waals surface area contributed by atoms with Crippen LogP contribution in [0, 0.1) is 5.92 Å². The van der Waals surface area contributed by atoms with Gasteiger partial charge in [-0.25, -0.2) is 9.97 Å². The number of hydrogen-bond donors (Lipinski definition) is 3. The molecule has 0 radical (unpaired) electrons. The minimum absolute atomic E-state index is 0.0279. The molecule has 13 nitrogen and oxygen atoms in total. The first-order valence-electron chi connectivity index (χ1n) is 14.6. The van der Waals surface area contributed by atoms with Gasteiger partial charge in [0.25, 0.3) is 11.8 Å². The number of nitrogens with one attached hydrogen (secondary N) is 3. The molecule has 2 aliphatic heterocycles.